The molecule has 0 saturated heterocycles. The molecule has 0 aliphatic heterocycles. The second kappa shape index (κ2) is 32.1. The van der Waals surface area contributed by atoms with E-state index in [1.165, 1.54) is 0 Å². The third-order valence-electron chi connectivity index (χ3n) is 0.803. The van der Waals surface area contributed by atoms with Crippen molar-refractivity contribution < 1.29 is 34.8 Å². The number of carbonyl (C=O) groups is 3. The Kier molecular flexibility index (Phi) is 57.2. The molecule has 8 N–H and O–H groups in total. The fraction of sp³-hybridized carbons (Fsp3) is 0.700. The number of hydrogen-bond donors (Lipinski definition) is 6. The summed E-state index contributed by atoms with van der Waals surface area (Å²) in [7, 11) is 0. The van der Waals surface area contributed by atoms with E-state index in [4.69, 9.17) is 46.3 Å². The van der Waals surface area contributed by atoms with Crippen molar-refractivity contribution in [2.24, 2.45) is 11.5 Å². The van der Waals surface area contributed by atoms with Crippen LogP contribution in [0, 0.1) is 0 Å². The summed E-state index contributed by atoms with van der Waals surface area (Å²) in [6, 6.07) is -0.0231. The number of nitrogens with two attached hydrogens (primary N) is 2. The molecule has 1 unspecified atom stereocenters. The van der Waals surface area contributed by atoms with Gasteiger partial charge in [-0.25, -0.2) is 0 Å². The van der Waals surface area contributed by atoms with Crippen molar-refractivity contribution in [3.63, 3.8) is 0 Å². The van der Waals surface area contributed by atoms with Gasteiger partial charge in [0.1, 0.15) is 0 Å². The van der Waals surface area contributed by atoms with Gasteiger partial charge in [-0.3, -0.25) is 14.4 Å². The zero-order chi connectivity index (χ0) is 16.4. The van der Waals surface area contributed by atoms with Crippen molar-refractivity contribution in [1.29, 1.82) is 0 Å². The molecule has 21 heavy (non-hydrogen) atoms. The molecule has 0 aromatic rings. The van der Waals surface area contributed by atoms with Crippen molar-refractivity contribution >= 4 is 70.5 Å². The van der Waals surface area contributed by atoms with Gasteiger partial charge in [0.2, 0.25) is 0 Å². The number of hydrogen-bond acceptors (Lipinski definition) is 6. The molecule has 9 nitrogen and oxygen atoms in total. The quantitative estimate of drug-likeness (QED) is 0.300. The first kappa shape index (κ1) is 37.4. The van der Waals surface area contributed by atoms with E-state index >= 15 is 0 Å². The van der Waals surface area contributed by atoms with E-state index in [1.807, 2.05) is 0 Å². The molecule has 0 fully saturated rings. The molecule has 0 aromatic heterocycles. The monoisotopic (exact) mass is 334 g/mol. The molecule has 0 aliphatic rings. The van der Waals surface area contributed by atoms with Crippen molar-refractivity contribution in [2.75, 3.05) is 13.2 Å². The zero-order valence-corrected chi connectivity index (χ0v) is 11.4. The van der Waals surface area contributed by atoms with Crippen LogP contribution in [0.15, 0.2) is 0 Å². The Balaban J connectivity index is -0.0000000359. The maximum absolute atomic E-state index is 9.00. The van der Waals surface area contributed by atoms with E-state index in [1.54, 1.807) is 0 Å². The number of carboxylic acid groups (broad SMARTS) is 3. The molecule has 0 aliphatic carbocycles. The first-order chi connectivity index (χ1) is 8.50. The Hall–Kier alpha value is 0.0562. The van der Waals surface area contributed by atoms with Gasteiger partial charge in [0, 0.05) is 40.0 Å². The molecule has 11 heteroatoms. The van der Waals surface area contributed by atoms with E-state index in [9.17, 15) is 0 Å². The summed E-state index contributed by atoms with van der Waals surface area (Å²) >= 11 is 0. The standard InChI is InChI=1S/C4H12N2O.3C2H4O2.Mg.Na.3H/c5-3-4(6)1-2-7;3*1-2(3)4;;;;;/h4,7H,1-3,5-6H2;3*1H3,(H,3,4);;;;;. The Morgan fingerprint density at radius 2 is 1.14 bits per heavy atom. The van der Waals surface area contributed by atoms with Crippen LogP contribution in [0.25, 0.3) is 0 Å². The second-order valence-corrected chi connectivity index (χ2v) is 3.07. The molecule has 0 heterocycles. The number of aliphatic hydroxyl groups is 1. The Labute approximate surface area is 162 Å². The first-order valence-electron chi connectivity index (χ1n) is 5.16. The number of carboxylic acids is 3. The van der Waals surface area contributed by atoms with Crippen LogP contribution in [0.2, 0.25) is 0 Å². The van der Waals surface area contributed by atoms with Gasteiger partial charge >= 0.3 is 52.6 Å². The molecule has 0 spiro atoms. The Morgan fingerprint density at radius 3 is 1.19 bits per heavy atom. The number of aliphatic hydroxyl groups excluding tert-OH is 1. The van der Waals surface area contributed by atoms with Crippen molar-refractivity contribution in [3.8, 4) is 0 Å². The molecular weight excluding hydrogens is 307 g/mol. The normalized spacial score (nSPS) is 8.29. The first-order valence-corrected chi connectivity index (χ1v) is 5.16. The maximum atomic E-state index is 9.00. The SMILES string of the molecule is CC(=O)O.CC(=O)O.CC(=O)O.NCC(N)CCO.[MgH2].[NaH]. The van der Waals surface area contributed by atoms with Crippen LogP contribution >= 0.6 is 0 Å². The van der Waals surface area contributed by atoms with Gasteiger partial charge in [-0.2, -0.15) is 0 Å². The average molecular weight is 335 g/mol. The van der Waals surface area contributed by atoms with Gasteiger partial charge < -0.3 is 31.9 Å². The summed E-state index contributed by atoms with van der Waals surface area (Å²) in [5, 5.41) is 30.5. The van der Waals surface area contributed by atoms with Gasteiger partial charge in [0.25, 0.3) is 17.9 Å². The molecule has 0 radical (unpaired) electrons. The molecule has 0 bridgehead atoms. The van der Waals surface area contributed by atoms with Crippen LogP contribution in [-0.2, 0) is 14.4 Å². The summed E-state index contributed by atoms with van der Waals surface area (Å²) in [4.78, 5) is 27.0. The zero-order valence-electron chi connectivity index (χ0n) is 11.4. The molecule has 0 rings (SSSR count). The van der Waals surface area contributed by atoms with Crippen LogP contribution in [0.3, 0.4) is 0 Å². The number of rotatable bonds is 3. The van der Waals surface area contributed by atoms with Gasteiger partial charge in [0.15, 0.2) is 0 Å². The van der Waals surface area contributed by atoms with Crippen LogP contribution < -0.4 is 11.5 Å². The number of aliphatic carboxylic acids is 3. The predicted molar refractivity (Wildman–Crippen MR) is 84.4 cm³/mol. The van der Waals surface area contributed by atoms with Crippen LogP contribution in [-0.4, -0.2) is 110 Å². The van der Waals surface area contributed by atoms with Gasteiger partial charge in [-0.05, 0) is 6.42 Å². The Morgan fingerprint density at radius 1 is 0.952 bits per heavy atom. The van der Waals surface area contributed by atoms with E-state index < -0.39 is 17.9 Å². The summed E-state index contributed by atoms with van der Waals surface area (Å²) in [5.41, 5.74) is 10.4. The minimum atomic E-state index is -0.833. The minimum absolute atomic E-state index is 0. The molecule has 0 saturated carbocycles. The summed E-state index contributed by atoms with van der Waals surface area (Å²) < 4.78 is 0. The van der Waals surface area contributed by atoms with Crippen LogP contribution in [0.1, 0.15) is 27.2 Å². The van der Waals surface area contributed by atoms with Crippen molar-refractivity contribution in [1.82, 2.24) is 0 Å². The average Bonchev–Trinajstić information content (AvgIpc) is 2.15. The van der Waals surface area contributed by atoms with E-state index in [-0.39, 0.29) is 65.3 Å². The summed E-state index contributed by atoms with van der Waals surface area (Å²) in [6.45, 7) is 3.85. The van der Waals surface area contributed by atoms with Gasteiger partial charge in [-0.1, -0.05) is 0 Å². The van der Waals surface area contributed by atoms with Gasteiger partial charge in [-0.15, -0.1) is 0 Å². The fourth-order valence-electron chi connectivity index (χ4n) is 0.284. The van der Waals surface area contributed by atoms with E-state index in [2.05, 4.69) is 0 Å². The topological polar surface area (TPSA) is 184 Å². The van der Waals surface area contributed by atoms with Crippen molar-refractivity contribution in [2.45, 2.75) is 33.2 Å². The second-order valence-electron chi connectivity index (χ2n) is 3.07. The fourth-order valence-corrected chi connectivity index (χ4v) is 0.284. The summed E-state index contributed by atoms with van der Waals surface area (Å²) in [6.07, 6.45) is 0.608. The molecule has 0 amide bonds. The van der Waals surface area contributed by atoms with Crippen LogP contribution in [0.4, 0.5) is 0 Å². The van der Waals surface area contributed by atoms with Crippen molar-refractivity contribution in [3.05, 3.63) is 0 Å². The summed E-state index contributed by atoms with van der Waals surface area (Å²) in [5.74, 6) is -2.50. The molecule has 122 valence electrons. The molecule has 1 atom stereocenters. The van der Waals surface area contributed by atoms with E-state index in [0.29, 0.717) is 13.0 Å². The van der Waals surface area contributed by atoms with Gasteiger partial charge in [0.05, 0.1) is 0 Å². The molecule has 0 aromatic carbocycles. The van der Waals surface area contributed by atoms with Crippen LogP contribution in [0.5, 0.6) is 0 Å². The molecular formula is C10H27MgN2NaO7. The van der Waals surface area contributed by atoms with E-state index in [0.717, 1.165) is 20.8 Å². The Bertz CT molecular complexity index is 205. The third-order valence-corrected chi connectivity index (χ3v) is 0.803. The predicted octanol–water partition coefficient (Wildman–Crippen LogP) is -2.64. The third kappa shape index (κ3) is 256.